The fourth-order valence-electron chi connectivity index (χ4n) is 4.33. The number of carbonyl (C=O) groups is 1. The molecule has 4 aromatic rings. The van der Waals surface area contributed by atoms with E-state index in [-0.39, 0.29) is 5.91 Å². The molecule has 0 radical (unpaired) electrons. The van der Waals surface area contributed by atoms with E-state index in [1.54, 1.807) is 7.11 Å². The molecule has 6 heteroatoms. The van der Waals surface area contributed by atoms with E-state index in [1.165, 1.54) is 5.52 Å². The standard InChI is InChI=1S/C30H35N3O3/c1-35-25-14-10-15-26(23-25)36-21-11-20-33-28-17-8-7-16-27(28)32-29(33)18-6-3-9-19-31-30(34)22-24-12-4-2-5-13-24/h2,4-5,7-8,10,12-17,23H,3,6,9,11,18-22H2,1H3,(H,31,34). The molecule has 1 heterocycles. The number of hydrogen-bond acceptors (Lipinski definition) is 4. The van der Waals surface area contributed by atoms with Gasteiger partial charge in [0, 0.05) is 25.6 Å². The van der Waals surface area contributed by atoms with Crippen LogP contribution in [0.4, 0.5) is 0 Å². The Kier molecular flexibility index (Phi) is 9.37. The van der Waals surface area contributed by atoms with Crippen molar-refractivity contribution in [2.45, 2.75) is 45.1 Å². The summed E-state index contributed by atoms with van der Waals surface area (Å²) >= 11 is 0. The van der Waals surface area contributed by atoms with Gasteiger partial charge in [-0.2, -0.15) is 0 Å². The van der Waals surface area contributed by atoms with Gasteiger partial charge in [-0.3, -0.25) is 4.79 Å². The summed E-state index contributed by atoms with van der Waals surface area (Å²) in [6.45, 7) is 2.20. The van der Waals surface area contributed by atoms with Gasteiger partial charge in [-0.25, -0.2) is 4.98 Å². The highest BCUT2D eigenvalue weighted by atomic mass is 16.5. The van der Waals surface area contributed by atoms with Gasteiger partial charge in [0.25, 0.3) is 0 Å². The molecular formula is C30H35N3O3. The zero-order valence-electron chi connectivity index (χ0n) is 21.0. The van der Waals surface area contributed by atoms with E-state index in [4.69, 9.17) is 14.5 Å². The summed E-state index contributed by atoms with van der Waals surface area (Å²) < 4.78 is 13.5. The summed E-state index contributed by atoms with van der Waals surface area (Å²) in [6, 6.07) is 25.9. The number of methoxy groups -OCH3 is 1. The lowest BCUT2D eigenvalue weighted by molar-refractivity contribution is -0.120. The Morgan fingerprint density at radius 1 is 0.889 bits per heavy atom. The van der Waals surface area contributed by atoms with Crippen LogP contribution in [-0.4, -0.2) is 35.7 Å². The van der Waals surface area contributed by atoms with Crippen molar-refractivity contribution in [1.82, 2.24) is 14.9 Å². The van der Waals surface area contributed by atoms with Gasteiger partial charge < -0.3 is 19.4 Å². The van der Waals surface area contributed by atoms with E-state index in [0.29, 0.717) is 19.6 Å². The first-order chi connectivity index (χ1) is 17.7. The van der Waals surface area contributed by atoms with Crippen LogP contribution in [0.3, 0.4) is 0 Å². The Bertz CT molecular complexity index is 1240. The smallest absolute Gasteiger partial charge is 0.224 e. The molecule has 0 spiro atoms. The van der Waals surface area contributed by atoms with E-state index in [9.17, 15) is 4.79 Å². The molecule has 1 amide bonds. The number of imidazole rings is 1. The quantitative estimate of drug-likeness (QED) is 0.237. The van der Waals surface area contributed by atoms with Gasteiger partial charge in [0.2, 0.25) is 5.91 Å². The normalized spacial score (nSPS) is 10.9. The van der Waals surface area contributed by atoms with E-state index in [2.05, 4.69) is 28.1 Å². The summed E-state index contributed by atoms with van der Waals surface area (Å²) in [4.78, 5) is 17.0. The number of ether oxygens (including phenoxy) is 2. The number of nitrogens with one attached hydrogen (secondary N) is 1. The van der Waals surface area contributed by atoms with Gasteiger partial charge >= 0.3 is 0 Å². The zero-order chi connectivity index (χ0) is 25.0. The third kappa shape index (κ3) is 7.35. The average molecular weight is 486 g/mol. The highest BCUT2D eigenvalue weighted by molar-refractivity contribution is 5.78. The lowest BCUT2D eigenvalue weighted by Crippen LogP contribution is -2.26. The number of carbonyl (C=O) groups excluding carboxylic acids is 1. The minimum absolute atomic E-state index is 0.0826. The summed E-state index contributed by atoms with van der Waals surface area (Å²) in [6.07, 6.45) is 5.30. The molecule has 0 saturated heterocycles. The van der Waals surface area contributed by atoms with Gasteiger partial charge in [-0.15, -0.1) is 0 Å². The number of amides is 1. The van der Waals surface area contributed by atoms with Crippen LogP contribution in [0.5, 0.6) is 11.5 Å². The first-order valence-corrected chi connectivity index (χ1v) is 12.7. The van der Waals surface area contributed by atoms with Gasteiger partial charge in [0.05, 0.1) is 31.2 Å². The number of rotatable bonds is 14. The Balaban J connectivity index is 1.22. The van der Waals surface area contributed by atoms with Gasteiger partial charge in [0.15, 0.2) is 0 Å². The van der Waals surface area contributed by atoms with Crippen molar-refractivity contribution in [3.63, 3.8) is 0 Å². The van der Waals surface area contributed by atoms with E-state index in [1.807, 2.05) is 60.7 Å². The van der Waals surface area contributed by atoms with Gasteiger partial charge in [-0.1, -0.05) is 55.0 Å². The second-order valence-electron chi connectivity index (χ2n) is 8.87. The van der Waals surface area contributed by atoms with Crippen molar-refractivity contribution in [2.75, 3.05) is 20.3 Å². The minimum atomic E-state index is 0.0826. The van der Waals surface area contributed by atoms with Gasteiger partial charge in [-0.05, 0) is 49.1 Å². The molecule has 0 aliphatic heterocycles. The maximum absolute atomic E-state index is 12.1. The molecular weight excluding hydrogens is 450 g/mol. The third-order valence-corrected chi connectivity index (χ3v) is 6.18. The molecule has 0 fully saturated rings. The molecule has 0 saturated carbocycles. The molecule has 6 nitrogen and oxygen atoms in total. The van der Waals surface area contributed by atoms with Crippen molar-refractivity contribution in [2.24, 2.45) is 0 Å². The van der Waals surface area contributed by atoms with Crippen molar-refractivity contribution in [1.29, 1.82) is 0 Å². The van der Waals surface area contributed by atoms with Crippen LogP contribution in [-0.2, 0) is 24.2 Å². The number of aromatic nitrogens is 2. The Morgan fingerprint density at radius 2 is 1.69 bits per heavy atom. The lowest BCUT2D eigenvalue weighted by atomic mass is 10.1. The number of aryl methyl sites for hydroxylation is 2. The van der Waals surface area contributed by atoms with Crippen LogP contribution in [0.15, 0.2) is 78.9 Å². The van der Waals surface area contributed by atoms with Gasteiger partial charge in [0.1, 0.15) is 17.3 Å². The fraction of sp³-hybridized carbons (Fsp3) is 0.333. The van der Waals surface area contributed by atoms with Crippen molar-refractivity contribution in [3.05, 3.63) is 90.3 Å². The number of unbranched alkanes of at least 4 members (excludes halogenated alkanes) is 2. The van der Waals surface area contributed by atoms with Crippen LogP contribution in [0, 0.1) is 0 Å². The number of para-hydroxylation sites is 2. The van der Waals surface area contributed by atoms with E-state index in [0.717, 1.165) is 67.1 Å². The predicted molar refractivity (Wildman–Crippen MR) is 144 cm³/mol. The zero-order valence-corrected chi connectivity index (χ0v) is 21.0. The van der Waals surface area contributed by atoms with Crippen molar-refractivity contribution < 1.29 is 14.3 Å². The first kappa shape index (κ1) is 25.3. The first-order valence-electron chi connectivity index (χ1n) is 12.7. The molecule has 0 atom stereocenters. The second kappa shape index (κ2) is 13.3. The minimum Gasteiger partial charge on any atom is -0.497 e. The maximum Gasteiger partial charge on any atom is 0.224 e. The molecule has 188 valence electrons. The lowest BCUT2D eigenvalue weighted by Gasteiger charge is -2.11. The van der Waals surface area contributed by atoms with Crippen LogP contribution in [0.1, 0.15) is 37.1 Å². The fourth-order valence-corrected chi connectivity index (χ4v) is 4.33. The molecule has 1 aromatic heterocycles. The highest BCUT2D eigenvalue weighted by Crippen LogP contribution is 2.20. The number of nitrogens with zero attached hydrogens (tertiary/aromatic N) is 2. The topological polar surface area (TPSA) is 65.4 Å². The molecule has 0 unspecified atom stereocenters. The van der Waals surface area contributed by atoms with Crippen LogP contribution < -0.4 is 14.8 Å². The number of fused-ring (bicyclic) bond motifs is 1. The summed E-state index contributed by atoms with van der Waals surface area (Å²) in [5.74, 6) is 2.82. The van der Waals surface area contributed by atoms with Crippen LogP contribution >= 0.6 is 0 Å². The Labute approximate surface area is 213 Å². The van der Waals surface area contributed by atoms with Crippen LogP contribution in [0.25, 0.3) is 11.0 Å². The summed E-state index contributed by atoms with van der Waals surface area (Å²) in [7, 11) is 1.66. The monoisotopic (exact) mass is 485 g/mol. The van der Waals surface area contributed by atoms with E-state index >= 15 is 0 Å². The number of benzene rings is 3. The second-order valence-corrected chi connectivity index (χ2v) is 8.87. The molecule has 0 aliphatic carbocycles. The largest absolute Gasteiger partial charge is 0.497 e. The predicted octanol–water partition coefficient (Wildman–Crippen LogP) is 5.59. The highest BCUT2D eigenvalue weighted by Gasteiger charge is 2.10. The molecule has 0 aliphatic rings. The molecule has 0 bridgehead atoms. The Morgan fingerprint density at radius 3 is 2.56 bits per heavy atom. The molecule has 3 aromatic carbocycles. The van der Waals surface area contributed by atoms with Crippen molar-refractivity contribution in [3.8, 4) is 11.5 Å². The molecule has 36 heavy (non-hydrogen) atoms. The number of hydrogen-bond donors (Lipinski definition) is 1. The summed E-state index contributed by atoms with van der Waals surface area (Å²) in [5, 5.41) is 3.04. The molecule has 1 N–H and O–H groups in total. The third-order valence-electron chi connectivity index (χ3n) is 6.18. The average Bonchev–Trinajstić information content (AvgIpc) is 3.26. The molecule has 4 rings (SSSR count). The van der Waals surface area contributed by atoms with Crippen LogP contribution in [0.2, 0.25) is 0 Å². The summed E-state index contributed by atoms with van der Waals surface area (Å²) in [5.41, 5.74) is 3.25. The maximum atomic E-state index is 12.1. The van der Waals surface area contributed by atoms with Crippen molar-refractivity contribution >= 4 is 16.9 Å². The SMILES string of the molecule is COc1cccc(OCCCn2c(CCCCCNC(=O)Cc3ccccc3)nc3ccccc32)c1. The Hall–Kier alpha value is -3.80. The van der Waals surface area contributed by atoms with E-state index < -0.39 is 0 Å².